The first-order valence-corrected chi connectivity index (χ1v) is 6.04. The van der Waals surface area contributed by atoms with Crippen molar-refractivity contribution in [1.29, 1.82) is 0 Å². The molecule has 1 saturated carbocycles. The molecule has 0 radical (unpaired) electrons. The van der Waals surface area contributed by atoms with Crippen molar-refractivity contribution >= 4 is 11.9 Å². The third-order valence-corrected chi connectivity index (χ3v) is 3.35. The van der Waals surface area contributed by atoms with Crippen molar-refractivity contribution in [2.24, 2.45) is 11.3 Å². The van der Waals surface area contributed by atoms with Crippen LogP contribution in [0.3, 0.4) is 0 Å². The Morgan fingerprint density at radius 2 is 1.88 bits per heavy atom. The Hall–Kier alpha value is -1.10. The first-order chi connectivity index (χ1) is 7.87. The molecule has 0 bridgehead atoms. The number of hydrogen-bond acceptors (Lipinski definition) is 3. The summed E-state index contributed by atoms with van der Waals surface area (Å²) in [4.78, 5) is 21.7. The van der Waals surface area contributed by atoms with Gasteiger partial charge in [0.2, 0.25) is 5.91 Å². The van der Waals surface area contributed by atoms with E-state index in [4.69, 9.17) is 5.11 Å². The van der Waals surface area contributed by atoms with Gasteiger partial charge >= 0.3 is 5.97 Å². The first-order valence-electron chi connectivity index (χ1n) is 6.04. The smallest absolute Gasteiger partial charge is 0.303 e. The minimum atomic E-state index is -0.969. The third-order valence-electron chi connectivity index (χ3n) is 3.35. The number of hydrogen-bond donors (Lipinski definition) is 3. The number of carboxylic acid groups (broad SMARTS) is 1. The highest BCUT2D eigenvalue weighted by Crippen LogP contribution is 2.50. The molecule has 0 aromatic rings. The van der Waals surface area contributed by atoms with Crippen LogP contribution in [0.4, 0.5) is 0 Å². The third kappa shape index (κ3) is 4.00. The van der Waals surface area contributed by atoms with Gasteiger partial charge in [-0.05, 0) is 18.8 Å². The Morgan fingerprint density at radius 1 is 1.29 bits per heavy atom. The molecule has 1 fully saturated rings. The van der Waals surface area contributed by atoms with Crippen LogP contribution >= 0.6 is 0 Å². The minimum Gasteiger partial charge on any atom is -0.481 e. The van der Waals surface area contributed by atoms with Crippen molar-refractivity contribution in [3.8, 4) is 0 Å². The van der Waals surface area contributed by atoms with Crippen LogP contribution in [-0.2, 0) is 9.59 Å². The molecule has 5 nitrogen and oxygen atoms in total. The molecule has 1 aliphatic rings. The van der Waals surface area contributed by atoms with Crippen LogP contribution in [-0.4, -0.2) is 34.7 Å². The van der Waals surface area contributed by atoms with Crippen molar-refractivity contribution < 1.29 is 19.8 Å². The van der Waals surface area contributed by atoms with E-state index in [0.717, 1.165) is 12.8 Å². The molecule has 3 N–H and O–H groups in total. The fraction of sp³-hybridized carbons (Fsp3) is 0.833. The van der Waals surface area contributed by atoms with Crippen molar-refractivity contribution in [3.05, 3.63) is 0 Å². The summed E-state index contributed by atoms with van der Waals surface area (Å²) in [6.07, 6.45) is 1.30. The maximum Gasteiger partial charge on any atom is 0.303 e. The van der Waals surface area contributed by atoms with Crippen LogP contribution in [0.5, 0.6) is 0 Å². The number of aliphatic hydroxyl groups excluding tert-OH is 1. The summed E-state index contributed by atoms with van der Waals surface area (Å²) in [6.45, 7) is 4.36. The molecule has 0 aromatic carbocycles. The van der Waals surface area contributed by atoms with Gasteiger partial charge in [-0.3, -0.25) is 9.59 Å². The van der Waals surface area contributed by atoms with E-state index in [1.165, 1.54) is 0 Å². The van der Waals surface area contributed by atoms with E-state index in [1.54, 1.807) is 0 Å². The van der Waals surface area contributed by atoms with Crippen molar-refractivity contribution in [2.45, 2.75) is 45.6 Å². The molecule has 0 aliphatic heterocycles. The normalized spacial score (nSPS) is 18.8. The van der Waals surface area contributed by atoms with Gasteiger partial charge in [0, 0.05) is 18.4 Å². The Kier molecular flexibility index (Phi) is 4.51. The largest absolute Gasteiger partial charge is 0.481 e. The summed E-state index contributed by atoms with van der Waals surface area (Å²) in [6, 6.07) is 0. The molecule has 1 unspecified atom stereocenters. The van der Waals surface area contributed by atoms with Crippen LogP contribution in [0, 0.1) is 11.3 Å². The minimum absolute atomic E-state index is 0.00316. The number of amides is 1. The summed E-state index contributed by atoms with van der Waals surface area (Å²) < 4.78 is 0. The Morgan fingerprint density at radius 3 is 2.29 bits per heavy atom. The second kappa shape index (κ2) is 5.49. The van der Waals surface area contributed by atoms with Gasteiger partial charge < -0.3 is 15.5 Å². The monoisotopic (exact) mass is 243 g/mol. The SMILES string of the molecule is CC(C)C(O)C1(CNC(=O)CCC(=O)O)CC1. The van der Waals surface area contributed by atoms with E-state index in [-0.39, 0.29) is 30.1 Å². The quantitative estimate of drug-likeness (QED) is 0.616. The lowest BCUT2D eigenvalue weighted by atomic mass is 9.90. The lowest BCUT2D eigenvalue weighted by molar-refractivity contribution is -0.138. The standard InChI is InChI=1S/C12H21NO4/c1-8(2)11(17)12(5-6-12)7-13-9(14)3-4-10(15)16/h8,11,17H,3-7H2,1-2H3,(H,13,14)(H,15,16). The zero-order valence-corrected chi connectivity index (χ0v) is 10.4. The highest BCUT2D eigenvalue weighted by Gasteiger charge is 2.49. The van der Waals surface area contributed by atoms with Crippen molar-refractivity contribution in [1.82, 2.24) is 5.32 Å². The topological polar surface area (TPSA) is 86.6 Å². The van der Waals surface area contributed by atoms with Crippen molar-refractivity contribution in [2.75, 3.05) is 6.54 Å². The molecule has 5 heteroatoms. The van der Waals surface area contributed by atoms with Gasteiger partial charge in [-0.15, -0.1) is 0 Å². The average molecular weight is 243 g/mol. The Labute approximate surface area is 101 Å². The number of carboxylic acids is 1. The van der Waals surface area contributed by atoms with E-state index in [0.29, 0.717) is 6.54 Å². The second-order valence-corrected chi connectivity index (χ2v) is 5.22. The van der Waals surface area contributed by atoms with Crippen LogP contribution in [0.15, 0.2) is 0 Å². The van der Waals surface area contributed by atoms with E-state index in [1.807, 2.05) is 13.8 Å². The fourth-order valence-corrected chi connectivity index (χ4v) is 2.03. The van der Waals surface area contributed by atoms with Crippen molar-refractivity contribution in [3.63, 3.8) is 0 Å². The predicted octanol–water partition coefficient (Wildman–Crippen LogP) is 0.764. The molecule has 1 rings (SSSR count). The first kappa shape index (κ1) is 14.0. The van der Waals surface area contributed by atoms with Gasteiger partial charge in [0.15, 0.2) is 0 Å². The maximum absolute atomic E-state index is 11.4. The summed E-state index contributed by atoms with van der Waals surface area (Å²) in [5.41, 5.74) is -0.174. The highest BCUT2D eigenvalue weighted by atomic mass is 16.4. The summed E-state index contributed by atoms with van der Waals surface area (Å²) in [7, 11) is 0. The molecule has 1 aliphatic carbocycles. The number of carbonyl (C=O) groups excluding carboxylic acids is 1. The van der Waals surface area contributed by atoms with Crippen LogP contribution in [0.2, 0.25) is 0 Å². The van der Waals surface area contributed by atoms with E-state index in [9.17, 15) is 14.7 Å². The molecule has 17 heavy (non-hydrogen) atoms. The highest BCUT2D eigenvalue weighted by molar-refractivity contribution is 5.80. The molecule has 0 saturated heterocycles. The summed E-state index contributed by atoms with van der Waals surface area (Å²) >= 11 is 0. The second-order valence-electron chi connectivity index (χ2n) is 5.22. The Balaban J connectivity index is 2.30. The van der Waals surface area contributed by atoms with Gasteiger partial charge in [-0.2, -0.15) is 0 Å². The zero-order chi connectivity index (χ0) is 13.1. The van der Waals surface area contributed by atoms with E-state index in [2.05, 4.69) is 5.32 Å². The van der Waals surface area contributed by atoms with Gasteiger partial charge in [0.05, 0.1) is 12.5 Å². The molecule has 98 valence electrons. The number of aliphatic hydroxyl groups is 1. The lowest BCUT2D eigenvalue weighted by Gasteiger charge is -2.25. The molecule has 1 atom stereocenters. The predicted molar refractivity (Wildman–Crippen MR) is 62.4 cm³/mol. The summed E-state index contributed by atoms with van der Waals surface area (Å²) in [5.74, 6) is -1.05. The van der Waals surface area contributed by atoms with E-state index < -0.39 is 12.1 Å². The average Bonchev–Trinajstić information content (AvgIpc) is 3.03. The van der Waals surface area contributed by atoms with Gasteiger partial charge in [0.1, 0.15) is 0 Å². The van der Waals surface area contributed by atoms with E-state index >= 15 is 0 Å². The number of carbonyl (C=O) groups is 2. The van der Waals surface area contributed by atoms with Crippen LogP contribution in [0.25, 0.3) is 0 Å². The number of nitrogens with one attached hydrogen (secondary N) is 1. The molecular weight excluding hydrogens is 222 g/mol. The van der Waals surface area contributed by atoms with Gasteiger partial charge in [-0.25, -0.2) is 0 Å². The van der Waals surface area contributed by atoms with Crippen LogP contribution in [0.1, 0.15) is 39.5 Å². The number of rotatable bonds is 7. The molecule has 1 amide bonds. The van der Waals surface area contributed by atoms with Crippen LogP contribution < -0.4 is 5.32 Å². The molecule has 0 spiro atoms. The maximum atomic E-state index is 11.4. The summed E-state index contributed by atoms with van der Waals surface area (Å²) in [5, 5.41) is 21.2. The fourth-order valence-electron chi connectivity index (χ4n) is 2.03. The molecule has 0 aromatic heterocycles. The molecule has 0 heterocycles. The van der Waals surface area contributed by atoms with Gasteiger partial charge in [-0.1, -0.05) is 13.8 Å². The zero-order valence-electron chi connectivity index (χ0n) is 10.4. The number of aliphatic carboxylic acids is 1. The Bertz CT molecular complexity index is 297. The molecular formula is C12H21NO4. The lowest BCUT2D eigenvalue weighted by Crippen LogP contribution is -2.38. The van der Waals surface area contributed by atoms with Gasteiger partial charge in [0.25, 0.3) is 0 Å².